The fourth-order valence-electron chi connectivity index (χ4n) is 2.21. The zero-order chi connectivity index (χ0) is 14.4. The molecule has 2 rings (SSSR count). The van der Waals surface area contributed by atoms with E-state index in [9.17, 15) is 18.3 Å². The van der Waals surface area contributed by atoms with E-state index in [1.54, 1.807) is 17.7 Å². The largest absolute Gasteiger partial charge is 0.416 e. The standard InChI is InChI=1S/C14H16F3NO/c1-8(2)18-7-12(9(3)19)11-5-4-10(6-13(11)18)14(15,16)17/h4-9,19H,1-3H3. The molecule has 1 aromatic heterocycles. The maximum atomic E-state index is 12.8. The molecule has 0 spiro atoms. The van der Waals surface area contributed by atoms with Gasteiger partial charge in [0.25, 0.3) is 0 Å². The molecule has 0 aliphatic carbocycles. The van der Waals surface area contributed by atoms with Gasteiger partial charge in [0.15, 0.2) is 0 Å². The van der Waals surface area contributed by atoms with Crippen molar-refractivity contribution in [2.75, 3.05) is 0 Å². The number of aromatic nitrogens is 1. The topological polar surface area (TPSA) is 25.2 Å². The highest BCUT2D eigenvalue weighted by Gasteiger charge is 2.31. The number of fused-ring (bicyclic) bond motifs is 1. The Morgan fingerprint density at radius 2 is 1.79 bits per heavy atom. The highest BCUT2D eigenvalue weighted by Crippen LogP contribution is 2.35. The first kappa shape index (κ1) is 13.9. The predicted molar refractivity (Wildman–Crippen MR) is 68.0 cm³/mol. The zero-order valence-electron chi connectivity index (χ0n) is 11.0. The van der Waals surface area contributed by atoms with Crippen LogP contribution in [0.15, 0.2) is 24.4 Å². The first-order valence-corrected chi connectivity index (χ1v) is 6.11. The van der Waals surface area contributed by atoms with Gasteiger partial charge in [-0.15, -0.1) is 0 Å². The molecule has 104 valence electrons. The highest BCUT2D eigenvalue weighted by atomic mass is 19.4. The molecule has 0 saturated carbocycles. The molecule has 2 nitrogen and oxygen atoms in total. The number of nitrogens with zero attached hydrogens (tertiary/aromatic N) is 1. The van der Waals surface area contributed by atoms with Crippen molar-refractivity contribution in [3.63, 3.8) is 0 Å². The lowest BCUT2D eigenvalue weighted by atomic mass is 10.1. The van der Waals surface area contributed by atoms with Crippen LogP contribution in [0, 0.1) is 0 Å². The normalized spacial score (nSPS) is 14.3. The molecule has 1 aromatic carbocycles. The molecule has 1 heterocycles. The summed E-state index contributed by atoms with van der Waals surface area (Å²) < 4.78 is 40.0. The van der Waals surface area contributed by atoms with Crippen LogP contribution in [-0.2, 0) is 6.18 Å². The second kappa shape index (κ2) is 4.56. The van der Waals surface area contributed by atoms with E-state index in [0.717, 1.165) is 12.1 Å². The van der Waals surface area contributed by atoms with Crippen LogP contribution < -0.4 is 0 Å². The van der Waals surface area contributed by atoms with E-state index in [1.807, 2.05) is 13.8 Å². The van der Waals surface area contributed by atoms with E-state index in [-0.39, 0.29) is 6.04 Å². The van der Waals surface area contributed by atoms with Gasteiger partial charge in [-0.2, -0.15) is 13.2 Å². The van der Waals surface area contributed by atoms with E-state index < -0.39 is 17.8 Å². The molecular formula is C14H16F3NO. The molecule has 0 aliphatic rings. The number of halogens is 3. The third-order valence-corrected chi connectivity index (χ3v) is 3.20. The van der Waals surface area contributed by atoms with Crippen LogP contribution in [0.2, 0.25) is 0 Å². The average molecular weight is 271 g/mol. The Morgan fingerprint density at radius 3 is 2.26 bits per heavy atom. The molecular weight excluding hydrogens is 255 g/mol. The molecule has 2 aromatic rings. The number of hydrogen-bond donors (Lipinski definition) is 1. The Kier molecular flexibility index (Phi) is 3.34. The van der Waals surface area contributed by atoms with Crippen LogP contribution in [-0.4, -0.2) is 9.67 Å². The molecule has 0 bridgehead atoms. The smallest absolute Gasteiger partial charge is 0.389 e. The fourth-order valence-corrected chi connectivity index (χ4v) is 2.21. The van der Waals surface area contributed by atoms with Crippen LogP contribution in [0.4, 0.5) is 13.2 Å². The summed E-state index contributed by atoms with van der Waals surface area (Å²) in [6.07, 6.45) is -3.34. The molecule has 0 saturated heterocycles. The molecule has 1 unspecified atom stereocenters. The molecule has 0 radical (unpaired) electrons. The number of alkyl halides is 3. The molecule has 1 atom stereocenters. The number of benzene rings is 1. The Labute approximate surface area is 109 Å². The third-order valence-electron chi connectivity index (χ3n) is 3.20. The van der Waals surface area contributed by atoms with Gasteiger partial charge in [0.2, 0.25) is 0 Å². The van der Waals surface area contributed by atoms with Gasteiger partial charge in [0, 0.05) is 28.7 Å². The van der Waals surface area contributed by atoms with E-state index in [1.165, 1.54) is 6.07 Å². The summed E-state index contributed by atoms with van der Waals surface area (Å²) >= 11 is 0. The SMILES string of the molecule is CC(O)c1cn(C(C)C)c2cc(C(F)(F)F)ccc12. The van der Waals surface area contributed by atoms with Gasteiger partial charge in [-0.25, -0.2) is 0 Å². The first-order chi connectivity index (χ1) is 8.71. The van der Waals surface area contributed by atoms with Crippen molar-refractivity contribution >= 4 is 10.9 Å². The average Bonchev–Trinajstić information content (AvgIpc) is 2.66. The van der Waals surface area contributed by atoms with Crippen LogP contribution in [0.3, 0.4) is 0 Å². The molecule has 5 heteroatoms. The van der Waals surface area contributed by atoms with Gasteiger partial charge >= 0.3 is 6.18 Å². The summed E-state index contributed by atoms with van der Waals surface area (Å²) in [6, 6.07) is 3.65. The van der Waals surface area contributed by atoms with Crippen molar-refractivity contribution in [2.45, 2.75) is 39.1 Å². The quantitative estimate of drug-likeness (QED) is 0.865. The van der Waals surface area contributed by atoms with Gasteiger partial charge in [-0.05, 0) is 32.9 Å². The van der Waals surface area contributed by atoms with E-state index in [2.05, 4.69) is 0 Å². The Morgan fingerprint density at radius 1 is 1.16 bits per heavy atom. The molecule has 0 aliphatic heterocycles. The summed E-state index contributed by atoms with van der Waals surface area (Å²) in [5.41, 5.74) is 0.482. The van der Waals surface area contributed by atoms with Crippen molar-refractivity contribution in [1.82, 2.24) is 4.57 Å². The maximum Gasteiger partial charge on any atom is 0.416 e. The maximum absolute atomic E-state index is 12.8. The van der Waals surface area contributed by atoms with E-state index >= 15 is 0 Å². The Hall–Kier alpha value is -1.49. The van der Waals surface area contributed by atoms with Crippen LogP contribution in [0.5, 0.6) is 0 Å². The van der Waals surface area contributed by atoms with Gasteiger partial charge in [-0.1, -0.05) is 6.07 Å². The summed E-state index contributed by atoms with van der Waals surface area (Å²) in [6.45, 7) is 5.40. The van der Waals surface area contributed by atoms with E-state index in [4.69, 9.17) is 0 Å². The number of aliphatic hydroxyl groups is 1. The van der Waals surface area contributed by atoms with Crippen molar-refractivity contribution in [1.29, 1.82) is 0 Å². The van der Waals surface area contributed by atoms with Crippen LogP contribution in [0.1, 0.15) is 44.0 Å². The summed E-state index contributed by atoms with van der Waals surface area (Å²) in [4.78, 5) is 0. The van der Waals surface area contributed by atoms with Gasteiger partial charge in [0.05, 0.1) is 11.7 Å². The van der Waals surface area contributed by atoms with Crippen molar-refractivity contribution < 1.29 is 18.3 Å². The second-order valence-electron chi connectivity index (χ2n) is 4.99. The summed E-state index contributed by atoms with van der Waals surface area (Å²) in [7, 11) is 0. The second-order valence-corrected chi connectivity index (χ2v) is 4.99. The molecule has 1 N–H and O–H groups in total. The van der Waals surface area contributed by atoms with Crippen molar-refractivity contribution in [2.24, 2.45) is 0 Å². The minimum atomic E-state index is -4.36. The number of hydrogen-bond acceptors (Lipinski definition) is 1. The minimum Gasteiger partial charge on any atom is -0.389 e. The Bertz CT molecular complexity index is 596. The van der Waals surface area contributed by atoms with Gasteiger partial charge in [-0.3, -0.25) is 0 Å². The molecule has 0 amide bonds. The van der Waals surface area contributed by atoms with Crippen molar-refractivity contribution in [3.05, 3.63) is 35.5 Å². The van der Waals surface area contributed by atoms with Crippen LogP contribution in [0.25, 0.3) is 10.9 Å². The van der Waals surface area contributed by atoms with Gasteiger partial charge in [0.1, 0.15) is 0 Å². The monoisotopic (exact) mass is 271 g/mol. The first-order valence-electron chi connectivity index (χ1n) is 6.11. The predicted octanol–water partition coefficient (Wildman–Crippen LogP) is 4.29. The lowest BCUT2D eigenvalue weighted by molar-refractivity contribution is -0.137. The lowest BCUT2D eigenvalue weighted by Gasteiger charge is -2.11. The highest BCUT2D eigenvalue weighted by molar-refractivity contribution is 5.85. The lowest BCUT2D eigenvalue weighted by Crippen LogP contribution is -2.05. The number of rotatable bonds is 2. The zero-order valence-corrected chi connectivity index (χ0v) is 11.0. The van der Waals surface area contributed by atoms with Gasteiger partial charge < -0.3 is 9.67 Å². The van der Waals surface area contributed by atoms with Crippen molar-refractivity contribution in [3.8, 4) is 0 Å². The van der Waals surface area contributed by atoms with Crippen LogP contribution >= 0.6 is 0 Å². The third kappa shape index (κ3) is 2.47. The number of aliphatic hydroxyl groups excluding tert-OH is 1. The summed E-state index contributed by atoms with van der Waals surface area (Å²) in [5, 5.41) is 10.4. The molecule has 0 fully saturated rings. The van der Waals surface area contributed by atoms with E-state index in [0.29, 0.717) is 16.5 Å². The fraction of sp³-hybridized carbons (Fsp3) is 0.429. The minimum absolute atomic E-state index is 0.0264. The molecule has 19 heavy (non-hydrogen) atoms. The summed E-state index contributed by atoms with van der Waals surface area (Å²) in [5.74, 6) is 0. The Balaban J connectivity index is 2.73.